The first kappa shape index (κ1) is 21.4. The number of benzene rings is 2. The first-order chi connectivity index (χ1) is 15.0. The van der Waals surface area contributed by atoms with Gasteiger partial charge in [-0.1, -0.05) is 41.9 Å². The van der Waals surface area contributed by atoms with Gasteiger partial charge in [0, 0.05) is 25.7 Å². The van der Waals surface area contributed by atoms with E-state index in [4.69, 9.17) is 16.3 Å². The average Bonchev–Trinajstić information content (AvgIpc) is 3.09. The van der Waals surface area contributed by atoms with Crippen molar-refractivity contribution >= 4 is 17.5 Å². The van der Waals surface area contributed by atoms with Crippen molar-refractivity contribution in [3.63, 3.8) is 0 Å². The number of piperidine rings is 1. The van der Waals surface area contributed by atoms with E-state index in [0.29, 0.717) is 16.4 Å². The molecule has 0 atom stereocenters. The number of methoxy groups -OCH3 is 1. The average molecular weight is 439 g/mol. The quantitative estimate of drug-likeness (QED) is 0.625. The highest BCUT2D eigenvalue weighted by molar-refractivity contribution is 6.33. The van der Waals surface area contributed by atoms with Gasteiger partial charge in [-0.3, -0.25) is 9.69 Å². The second-order valence-electron chi connectivity index (χ2n) is 7.87. The summed E-state index contributed by atoms with van der Waals surface area (Å²) in [5.74, 6) is 0.721. The monoisotopic (exact) mass is 438 g/mol. The second kappa shape index (κ2) is 9.54. The van der Waals surface area contributed by atoms with Gasteiger partial charge in [0.25, 0.3) is 5.91 Å². The molecule has 1 aromatic heterocycles. The normalized spacial score (nSPS) is 15.1. The Labute approximate surface area is 187 Å². The number of hydrogen-bond donors (Lipinski definition) is 1. The third kappa shape index (κ3) is 4.92. The number of hydrogen-bond acceptors (Lipinski definition) is 4. The summed E-state index contributed by atoms with van der Waals surface area (Å²) >= 11 is 6.54. The lowest BCUT2D eigenvalue weighted by molar-refractivity contribution is 0.0908. The predicted molar refractivity (Wildman–Crippen MR) is 122 cm³/mol. The Balaban J connectivity index is 1.36. The summed E-state index contributed by atoms with van der Waals surface area (Å²) in [6.07, 6.45) is 1.80. The van der Waals surface area contributed by atoms with Crippen molar-refractivity contribution in [1.82, 2.24) is 20.0 Å². The highest BCUT2D eigenvalue weighted by atomic mass is 35.5. The van der Waals surface area contributed by atoms with Crippen LogP contribution in [0.4, 0.5) is 0 Å². The highest BCUT2D eigenvalue weighted by Gasteiger charge is 2.25. The molecule has 2 aromatic carbocycles. The molecule has 2 heterocycles. The Morgan fingerprint density at radius 1 is 1.16 bits per heavy atom. The molecule has 7 heteroatoms. The summed E-state index contributed by atoms with van der Waals surface area (Å²) in [5, 5.41) is 7.98. The van der Waals surface area contributed by atoms with Crippen LogP contribution in [0, 0.1) is 6.92 Å². The zero-order valence-electron chi connectivity index (χ0n) is 17.8. The van der Waals surface area contributed by atoms with Crippen molar-refractivity contribution in [3.05, 3.63) is 76.6 Å². The van der Waals surface area contributed by atoms with Crippen LogP contribution in [0.2, 0.25) is 5.15 Å². The zero-order valence-corrected chi connectivity index (χ0v) is 18.6. The van der Waals surface area contributed by atoms with E-state index in [2.05, 4.69) is 27.4 Å². The molecule has 3 aromatic rings. The van der Waals surface area contributed by atoms with Crippen molar-refractivity contribution in [2.75, 3.05) is 20.2 Å². The topological polar surface area (TPSA) is 59.4 Å². The maximum Gasteiger partial charge on any atom is 0.256 e. The summed E-state index contributed by atoms with van der Waals surface area (Å²) in [6, 6.07) is 17.9. The van der Waals surface area contributed by atoms with Crippen LogP contribution in [-0.4, -0.2) is 46.8 Å². The Hall–Kier alpha value is -2.83. The van der Waals surface area contributed by atoms with Gasteiger partial charge in [0.15, 0.2) is 0 Å². The van der Waals surface area contributed by atoms with Crippen molar-refractivity contribution in [1.29, 1.82) is 0 Å². The number of carbonyl (C=O) groups is 1. The summed E-state index contributed by atoms with van der Waals surface area (Å²) in [7, 11) is 1.69. The molecule has 4 rings (SSSR count). The lowest BCUT2D eigenvalue weighted by atomic mass is 10.0. The van der Waals surface area contributed by atoms with Crippen LogP contribution in [-0.2, 0) is 6.54 Å². The third-order valence-electron chi connectivity index (χ3n) is 5.70. The van der Waals surface area contributed by atoms with Gasteiger partial charge in [-0.05, 0) is 49.6 Å². The molecule has 0 saturated carbocycles. The van der Waals surface area contributed by atoms with E-state index in [9.17, 15) is 4.79 Å². The fourth-order valence-electron chi connectivity index (χ4n) is 4.02. The van der Waals surface area contributed by atoms with Gasteiger partial charge >= 0.3 is 0 Å². The standard InChI is InChI=1S/C24H27ClN4O2/c1-17-22(23(25)29(27-17)20-8-4-3-5-9-20)24(30)26-19-11-13-28(14-12-19)16-18-7-6-10-21(15-18)31-2/h3-10,15,19H,11-14,16H2,1-2H3,(H,26,30). The number of ether oxygens (including phenoxy) is 1. The second-order valence-corrected chi connectivity index (χ2v) is 8.23. The largest absolute Gasteiger partial charge is 0.497 e. The maximum absolute atomic E-state index is 13.0. The van der Waals surface area contributed by atoms with Crippen LogP contribution in [0.1, 0.15) is 34.5 Å². The van der Waals surface area contributed by atoms with Crippen molar-refractivity contribution < 1.29 is 9.53 Å². The van der Waals surface area contributed by atoms with Crippen LogP contribution < -0.4 is 10.1 Å². The molecular weight excluding hydrogens is 412 g/mol. The van der Waals surface area contributed by atoms with Crippen LogP contribution in [0.15, 0.2) is 54.6 Å². The minimum atomic E-state index is -0.157. The van der Waals surface area contributed by atoms with E-state index in [1.54, 1.807) is 11.8 Å². The molecule has 1 aliphatic rings. The number of para-hydroxylation sites is 1. The molecule has 1 N–H and O–H groups in total. The number of carbonyl (C=O) groups excluding carboxylic acids is 1. The zero-order chi connectivity index (χ0) is 21.8. The van der Waals surface area contributed by atoms with Gasteiger partial charge < -0.3 is 10.1 Å². The SMILES string of the molecule is COc1cccc(CN2CCC(NC(=O)c3c(C)nn(-c4ccccc4)c3Cl)CC2)c1. The molecular formula is C24H27ClN4O2. The first-order valence-electron chi connectivity index (χ1n) is 10.5. The van der Waals surface area contributed by atoms with E-state index in [0.717, 1.165) is 43.9 Å². The van der Waals surface area contributed by atoms with Crippen LogP contribution in [0.25, 0.3) is 5.69 Å². The van der Waals surface area contributed by atoms with Gasteiger partial charge in [-0.25, -0.2) is 4.68 Å². The minimum absolute atomic E-state index is 0.129. The van der Waals surface area contributed by atoms with E-state index in [-0.39, 0.29) is 11.9 Å². The highest BCUT2D eigenvalue weighted by Crippen LogP contribution is 2.24. The number of halogens is 1. The molecule has 1 saturated heterocycles. The van der Waals surface area contributed by atoms with Crippen molar-refractivity contribution in [2.45, 2.75) is 32.4 Å². The number of aromatic nitrogens is 2. The Kier molecular flexibility index (Phi) is 6.59. The molecule has 6 nitrogen and oxygen atoms in total. The van der Waals surface area contributed by atoms with Gasteiger partial charge in [0.2, 0.25) is 0 Å². The Morgan fingerprint density at radius 3 is 2.61 bits per heavy atom. The number of aryl methyl sites for hydroxylation is 1. The van der Waals surface area contributed by atoms with Gasteiger partial charge in [0.1, 0.15) is 10.9 Å². The molecule has 1 amide bonds. The Morgan fingerprint density at radius 2 is 1.90 bits per heavy atom. The number of likely N-dealkylation sites (tertiary alicyclic amines) is 1. The van der Waals surface area contributed by atoms with Crippen molar-refractivity contribution in [3.8, 4) is 11.4 Å². The first-order valence-corrected chi connectivity index (χ1v) is 10.9. The molecule has 0 radical (unpaired) electrons. The summed E-state index contributed by atoms with van der Waals surface area (Å²) in [5.41, 5.74) is 3.14. The molecule has 1 fully saturated rings. The van der Waals surface area contributed by atoms with Crippen LogP contribution in [0.5, 0.6) is 5.75 Å². The fraction of sp³-hybridized carbons (Fsp3) is 0.333. The van der Waals surface area contributed by atoms with Crippen LogP contribution >= 0.6 is 11.6 Å². The molecule has 31 heavy (non-hydrogen) atoms. The molecule has 0 aliphatic carbocycles. The van der Waals surface area contributed by atoms with Gasteiger partial charge in [-0.15, -0.1) is 0 Å². The summed E-state index contributed by atoms with van der Waals surface area (Å²) < 4.78 is 6.93. The number of nitrogens with zero attached hydrogens (tertiary/aromatic N) is 3. The predicted octanol–water partition coefficient (Wildman–Crippen LogP) is 4.24. The fourth-order valence-corrected chi connectivity index (χ4v) is 4.38. The summed E-state index contributed by atoms with van der Waals surface area (Å²) in [6.45, 7) is 4.56. The van der Waals surface area contributed by atoms with E-state index in [1.807, 2.05) is 49.4 Å². The smallest absolute Gasteiger partial charge is 0.256 e. The van der Waals surface area contributed by atoms with Gasteiger partial charge in [0.05, 0.1) is 24.1 Å². The minimum Gasteiger partial charge on any atom is -0.497 e. The number of rotatable bonds is 6. The van der Waals surface area contributed by atoms with E-state index >= 15 is 0 Å². The number of amides is 1. The lowest BCUT2D eigenvalue weighted by Gasteiger charge is -2.32. The van der Waals surface area contributed by atoms with Crippen molar-refractivity contribution in [2.24, 2.45) is 0 Å². The van der Waals surface area contributed by atoms with Crippen LogP contribution in [0.3, 0.4) is 0 Å². The third-order valence-corrected chi connectivity index (χ3v) is 6.04. The summed E-state index contributed by atoms with van der Waals surface area (Å²) in [4.78, 5) is 15.4. The van der Waals surface area contributed by atoms with E-state index < -0.39 is 0 Å². The molecule has 1 aliphatic heterocycles. The van der Waals surface area contributed by atoms with E-state index in [1.165, 1.54) is 5.56 Å². The van der Waals surface area contributed by atoms with Gasteiger partial charge in [-0.2, -0.15) is 5.10 Å². The molecule has 162 valence electrons. The maximum atomic E-state index is 13.0. The molecule has 0 spiro atoms. The molecule has 0 bridgehead atoms. The molecule has 0 unspecified atom stereocenters. The Bertz CT molecular complexity index is 1040. The lowest BCUT2D eigenvalue weighted by Crippen LogP contribution is -2.44. The number of nitrogens with one attached hydrogen (secondary N) is 1.